The van der Waals surface area contributed by atoms with E-state index in [1.807, 2.05) is 16.6 Å². The molecule has 1 N–H and O–H groups in total. The first kappa shape index (κ1) is 20.2. The lowest BCUT2D eigenvalue weighted by Gasteiger charge is -2.18. The van der Waals surface area contributed by atoms with Gasteiger partial charge in [0.15, 0.2) is 11.3 Å². The Bertz CT molecular complexity index is 1120. The first-order valence-corrected chi connectivity index (χ1v) is 9.63. The number of likely N-dealkylation sites (tertiary alicyclic amines) is 1. The fourth-order valence-corrected chi connectivity index (χ4v) is 4.16. The van der Waals surface area contributed by atoms with Crippen molar-refractivity contribution in [2.45, 2.75) is 32.4 Å². The van der Waals surface area contributed by atoms with E-state index in [9.17, 15) is 22.8 Å². The van der Waals surface area contributed by atoms with Crippen molar-refractivity contribution >= 4 is 28.7 Å². The smallest absolute Gasteiger partial charge is 0.329 e. The zero-order valence-corrected chi connectivity index (χ0v) is 16.5. The van der Waals surface area contributed by atoms with Gasteiger partial charge in [-0.25, -0.2) is 14.8 Å². The van der Waals surface area contributed by atoms with Crippen LogP contribution in [-0.2, 0) is 0 Å². The van der Waals surface area contributed by atoms with Crippen LogP contribution in [0.15, 0.2) is 24.7 Å². The van der Waals surface area contributed by atoms with Crippen molar-refractivity contribution in [1.29, 1.82) is 0 Å². The van der Waals surface area contributed by atoms with Crippen LogP contribution in [0.2, 0.25) is 0 Å². The number of fused-ring (bicyclic) bond motifs is 3. The lowest BCUT2D eigenvalue weighted by molar-refractivity contribution is -0.123. The van der Waals surface area contributed by atoms with E-state index in [1.165, 1.54) is 16.4 Å². The molecule has 30 heavy (non-hydrogen) atoms. The minimum Gasteiger partial charge on any atom is -0.329 e. The number of nitrogens with one attached hydrogen (secondary N) is 1. The summed E-state index contributed by atoms with van der Waals surface area (Å²) in [6, 6.07) is 1.06. The maximum atomic E-state index is 12.5. The van der Waals surface area contributed by atoms with Gasteiger partial charge in [0.2, 0.25) is 5.91 Å². The summed E-state index contributed by atoms with van der Waals surface area (Å²) in [5, 5.41) is 1.95. The summed E-state index contributed by atoms with van der Waals surface area (Å²) in [5.74, 6) is -0.203. The zero-order valence-electron chi connectivity index (χ0n) is 16.5. The first-order valence-electron chi connectivity index (χ1n) is 9.63. The Morgan fingerprint density at radius 2 is 2.00 bits per heavy atom. The molecule has 0 unspecified atom stereocenters. The van der Waals surface area contributed by atoms with Crippen molar-refractivity contribution in [2.75, 3.05) is 19.6 Å². The van der Waals surface area contributed by atoms with Crippen molar-refractivity contribution in [2.24, 2.45) is 5.92 Å². The van der Waals surface area contributed by atoms with Gasteiger partial charge in [-0.05, 0) is 12.0 Å². The molecule has 0 spiro atoms. The summed E-state index contributed by atoms with van der Waals surface area (Å²) < 4.78 is 40.7. The van der Waals surface area contributed by atoms with Crippen LogP contribution in [0.5, 0.6) is 0 Å². The Morgan fingerprint density at radius 1 is 1.23 bits per heavy atom. The number of aromatic nitrogens is 4. The number of alkyl halides is 3. The highest BCUT2D eigenvalue weighted by Gasteiger charge is 2.38. The van der Waals surface area contributed by atoms with Crippen LogP contribution in [0.1, 0.15) is 36.7 Å². The predicted molar refractivity (Wildman–Crippen MR) is 102 cm³/mol. The van der Waals surface area contributed by atoms with Gasteiger partial charge in [0, 0.05) is 44.0 Å². The zero-order chi connectivity index (χ0) is 21.6. The Labute approximate surface area is 169 Å². The molecule has 1 aliphatic heterocycles. The molecule has 8 nitrogen and oxygen atoms in total. The van der Waals surface area contributed by atoms with Crippen LogP contribution >= 0.6 is 0 Å². The highest BCUT2D eigenvalue weighted by atomic mass is 19.4. The molecule has 1 saturated heterocycles. The monoisotopic (exact) mass is 422 g/mol. The summed E-state index contributed by atoms with van der Waals surface area (Å²) in [7, 11) is 0. The molecule has 0 bridgehead atoms. The van der Waals surface area contributed by atoms with E-state index in [0.29, 0.717) is 23.4 Å². The van der Waals surface area contributed by atoms with Gasteiger partial charge in [-0.3, -0.25) is 13.8 Å². The highest BCUT2D eigenvalue weighted by Crippen LogP contribution is 2.36. The maximum Gasteiger partial charge on any atom is 0.405 e. The van der Waals surface area contributed by atoms with Gasteiger partial charge in [0.05, 0.1) is 11.7 Å². The third-order valence-corrected chi connectivity index (χ3v) is 5.61. The van der Waals surface area contributed by atoms with Crippen molar-refractivity contribution in [3.8, 4) is 0 Å². The first-order chi connectivity index (χ1) is 14.2. The van der Waals surface area contributed by atoms with Crippen LogP contribution in [0, 0.1) is 5.92 Å². The van der Waals surface area contributed by atoms with E-state index in [0.717, 1.165) is 12.1 Å². The standard InChI is InChI=1S/C19H21F3N6O2/c1-3-12-8-26(18(30)25-10-19(20,21)22)9-13(12)15-6-23-16-7-24-17-14(28(15)16)4-5-27(17)11(2)29/h4-7,12-13H,3,8-10H2,1-2H3,(H,25,30)/t12-,13+/m1/s1. The van der Waals surface area contributed by atoms with Gasteiger partial charge < -0.3 is 10.2 Å². The topological polar surface area (TPSA) is 84.5 Å². The number of hydrogen-bond acceptors (Lipinski definition) is 4. The van der Waals surface area contributed by atoms with Gasteiger partial charge in [-0.2, -0.15) is 13.2 Å². The summed E-state index contributed by atoms with van der Waals surface area (Å²) in [6.45, 7) is 2.72. The fraction of sp³-hybridized carbons (Fsp3) is 0.474. The average molecular weight is 422 g/mol. The molecule has 0 saturated carbocycles. The minimum atomic E-state index is -4.46. The summed E-state index contributed by atoms with van der Waals surface area (Å²) >= 11 is 0. The number of carbonyl (C=O) groups is 2. The second-order valence-electron chi connectivity index (χ2n) is 7.50. The normalized spacial score (nSPS) is 19.7. The number of nitrogens with zero attached hydrogens (tertiary/aromatic N) is 5. The molecule has 1 aliphatic rings. The quantitative estimate of drug-likeness (QED) is 0.703. The van der Waals surface area contributed by atoms with Gasteiger partial charge in [-0.15, -0.1) is 0 Å². The summed E-state index contributed by atoms with van der Waals surface area (Å²) in [5.41, 5.74) is 2.66. The summed E-state index contributed by atoms with van der Waals surface area (Å²) in [6.07, 6.45) is 1.24. The molecule has 4 heterocycles. The Balaban J connectivity index is 1.68. The van der Waals surface area contributed by atoms with Crippen molar-refractivity contribution < 1.29 is 22.8 Å². The second-order valence-corrected chi connectivity index (χ2v) is 7.50. The lowest BCUT2D eigenvalue weighted by atomic mass is 9.91. The van der Waals surface area contributed by atoms with Crippen LogP contribution in [-0.4, -0.2) is 61.6 Å². The van der Waals surface area contributed by atoms with Crippen LogP contribution in [0.25, 0.3) is 16.8 Å². The highest BCUT2D eigenvalue weighted by molar-refractivity contribution is 5.88. The molecule has 3 aromatic heterocycles. The van der Waals surface area contributed by atoms with E-state index in [2.05, 4.69) is 9.97 Å². The number of rotatable bonds is 3. The van der Waals surface area contributed by atoms with E-state index < -0.39 is 18.8 Å². The van der Waals surface area contributed by atoms with Crippen molar-refractivity contribution in [3.63, 3.8) is 0 Å². The summed E-state index contributed by atoms with van der Waals surface area (Å²) in [4.78, 5) is 34.3. The number of hydrogen-bond donors (Lipinski definition) is 1. The molecule has 2 amide bonds. The third-order valence-electron chi connectivity index (χ3n) is 5.61. The minimum absolute atomic E-state index is 0.0691. The van der Waals surface area contributed by atoms with Crippen LogP contribution in [0.4, 0.5) is 18.0 Å². The number of urea groups is 1. The third kappa shape index (κ3) is 3.48. The fourth-order valence-electron chi connectivity index (χ4n) is 4.16. The SMILES string of the molecule is CC[C@@H]1CN(C(=O)NCC(F)(F)F)C[C@@H]1c1cnc2cnc3c(ccn3C(C)=O)n12. The van der Waals surface area contributed by atoms with Crippen molar-refractivity contribution in [3.05, 3.63) is 30.4 Å². The molecular formula is C19H21F3N6O2. The maximum absolute atomic E-state index is 12.5. The van der Waals surface area contributed by atoms with Gasteiger partial charge in [0.1, 0.15) is 6.54 Å². The molecule has 3 aromatic rings. The van der Waals surface area contributed by atoms with Crippen LogP contribution in [0.3, 0.4) is 0 Å². The number of imidazole rings is 1. The van der Waals surface area contributed by atoms with E-state index >= 15 is 0 Å². The molecule has 0 radical (unpaired) electrons. The largest absolute Gasteiger partial charge is 0.405 e. The molecule has 1 fully saturated rings. The molecule has 0 aromatic carbocycles. The molecule has 160 valence electrons. The van der Waals surface area contributed by atoms with E-state index in [1.54, 1.807) is 24.7 Å². The Hall–Kier alpha value is -3.11. The van der Waals surface area contributed by atoms with Crippen LogP contribution < -0.4 is 5.32 Å². The molecule has 4 rings (SSSR count). The van der Waals surface area contributed by atoms with Crippen molar-refractivity contribution in [1.82, 2.24) is 29.2 Å². The molecular weight excluding hydrogens is 401 g/mol. The Morgan fingerprint density at radius 3 is 2.67 bits per heavy atom. The average Bonchev–Trinajstić information content (AvgIpc) is 3.39. The number of halogens is 3. The lowest BCUT2D eigenvalue weighted by Crippen LogP contribution is -2.42. The van der Waals surface area contributed by atoms with Gasteiger partial charge in [-0.1, -0.05) is 13.3 Å². The number of carbonyl (C=O) groups excluding carboxylic acids is 2. The van der Waals surface area contributed by atoms with E-state index in [4.69, 9.17) is 0 Å². The molecule has 2 atom stereocenters. The Kier molecular flexibility index (Phi) is 4.91. The molecule has 11 heteroatoms. The van der Waals surface area contributed by atoms with Gasteiger partial charge in [0.25, 0.3) is 0 Å². The van der Waals surface area contributed by atoms with Gasteiger partial charge >= 0.3 is 12.2 Å². The van der Waals surface area contributed by atoms with E-state index in [-0.39, 0.29) is 24.3 Å². The number of amides is 2. The predicted octanol–water partition coefficient (Wildman–Crippen LogP) is 3.04. The second kappa shape index (κ2) is 7.29. The molecule has 0 aliphatic carbocycles.